The van der Waals surface area contributed by atoms with E-state index in [2.05, 4.69) is 69.7 Å². The average Bonchev–Trinajstić information content (AvgIpc) is 2.75. The Morgan fingerprint density at radius 1 is 0.938 bits per heavy atom. The molecule has 164 valence electrons. The topological polar surface area (TPSA) is 65.4 Å². The molecule has 3 aromatic rings. The fourth-order valence-electron chi connectivity index (χ4n) is 3.86. The smallest absolute Gasteiger partial charge is 0.229 e. The highest BCUT2D eigenvalue weighted by molar-refractivity contribution is 7.80. The third-order valence-corrected chi connectivity index (χ3v) is 5.88. The van der Waals surface area contributed by atoms with Gasteiger partial charge in [-0.3, -0.25) is 5.32 Å². The number of anilines is 2. The van der Waals surface area contributed by atoms with Crippen LogP contribution in [0.3, 0.4) is 0 Å². The van der Waals surface area contributed by atoms with Crippen molar-refractivity contribution < 1.29 is 0 Å². The zero-order valence-corrected chi connectivity index (χ0v) is 19.8. The van der Waals surface area contributed by atoms with E-state index < -0.39 is 0 Å². The van der Waals surface area contributed by atoms with E-state index in [1.807, 2.05) is 32.0 Å². The molecule has 2 aromatic carbocycles. The summed E-state index contributed by atoms with van der Waals surface area (Å²) in [6, 6.07) is 16.6. The van der Waals surface area contributed by atoms with E-state index in [1.54, 1.807) is 0 Å². The average molecular weight is 445 g/mol. The number of aryl methyl sites for hydroxylation is 3. The molecule has 0 saturated carbocycles. The zero-order chi connectivity index (χ0) is 22.7. The second kappa shape index (κ2) is 9.44. The molecule has 0 unspecified atom stereocenters. The number of rotatable bonds is 2. The molecule has 1 aliphatic heterocycles. The molecule has 7 heteroatoms. The lowest BCUT2D eigenvalue weighted by Gasteiger charge is -2.31. The van der Waals surface area contributed by atoms with Crippen molar-refractivity contribution in [2.75, 3.05) is 17.2 Å². The minimum atomic E-state index is 0.393. The highest BCUT2D eigenvalue weighted by Gasteiger charge is 2.21. The second-order valence-electron chi connectivity index (χ2n) is 8.15. The van der Waals surface area contributed by atoms with Gasteiger partial charge in [-0.2, -0.15) is 4.99 Å². The molecule has 2 heterocycles. The first-order valence-corrected chi connectivity index (χ1v) is 11.2. The summed E-state index contributed by atoms with van der Waals surface area (Å²) in [6.45, 7) is 9.66. The molecule has 1 aliphatic rings. The Labute approximate surface area is 194 Å². The van der Waals surface area contributed by atoms with Crippen LogP contribution in [-0.2, 0) is 13.0 Å². The Morgan fingerprint density at radius 2 is 1.66 bits per heavy atom. The molecule has 0 fully saturated rings. The Hall–Kier alpha value is -3.32. The first-order valence-electron chi connectivity index (χ1n) is 10.8. The van der Waals surface area contributed by atoms with E-state index in [9.17, 15) is 0 Å². The SMILES string of the molecule is Cc1cc(C)nc(N/C(=N/C(=S)Nc2cccc(C)c2C)N2CCc3ccccc3C2)n1. The molecule has 4 rings (SSSR count). The maximum Gasteiger partial charge on any atom is 0.229 e. The third kappa shape index (κ3) is 5.11. The van der Waals surface area contributed by atoms with Crippen molar-refractivity contribution >= 4 is 34.9 Å². The van der Waals surface area contributed by atoms with Crippen molar-refractivity contribution in [3.63, 3.8) is 0 Å². The van der Waals surface area contributed by atoms with Gasteiger partial charge in [0.15, 0.2) is 0 Å². The molecule has 0 radical (unpaired) electrons. The molecule has 0 spiro atoms. The van der Waals surface area contributed by atoms with Crippen molar-refractivity contribution in [2.45, 2.75) is 40.7 Å². The molecule has 0 amide bonds. The third-order valence-electron chi connectivity index (χ3n) is 5.69. The van der Waals surface area contributed by atoms with E-state index in [4.69, 9.17) is 17.2 Å². The van der Waals surface area contributed by atoms with Crippen LogP contribution in [0, 0.1) is 27.7 Å². The Bertz CT molecular complexity index is 1170. The van der Waals surface area contributed by atoms with Crippen LogP contribution < -0.4 is 10.6 Å². The van der Waals surface area contributed by atoms with Crippen molar-refractivity contribution in [3.8, 4) is 0 Å². The van der Waals surface area contributed by atoms with E-state index in [-0.39, 0.29) is 0 Å². The summed E-state index contributed by atoms with van der Waals surface area (Å²) < 4.78 is 0. The molecule has 32 heavy (non-hydrogen) atoms. The number of benzene rings is 2. The predicted octanol–water partition coefficient (Wildman–Crippen LogP) is 4.93. The molecule has 0 atom stereocenters. The van der Waals surface area contributed by atoms with Crippen LogP contribution in [0.25, 0.3) is 0 Å². The van der Waals surface area contributed by atoms with Gasteiger partial charge in [0, 0.05) is 30.2 Å². The summed E-state index contributed by atoms with van der Waals surface area (Å²) in [7, 11) is 0. The van der Waals surface area contributed by atoms with Gasteiger partial charge < -0.3 is 10.2 Å². The minimum Gasteiger partial charge on any atom is -0.338 e. The summed E-state index contributed by atoms with van der Waals surface area (Å²) in [5, 5.41) is 7.01. The lowest BCUT2D eigenvalue weighted by Crippen LogP contribution is -2.41. The first-order chi connectivity index (χ1) is 15.4. The normalized spacial score (nSPS) is 13.5. The maximum absolute atomic E-state index is 5.62. The molecule has 0 aliphatic carbocycles. The van der Waals surface area contributed by atoms with Crippen molar-refractivity contribution in [3.05, 3.63) is 82.2 Å². The van der Waals surface area contributed by atoms with Gasteiger partial charge >= 0.3 is 0 Å². The largest absolute Gasteiger partial charge is 0.338 e. The monoisotopic (exact) mass is 444 g/mol. The predicted molar refractivity (Wildman–Crippen MR) is 135 cm³/mol. The lowest BCUT2D eigenvalue weighted by atomic mass is 10.0. The highest BCUT2D eigenvalue weighted by atomic mass is 32.1. The summed E-state index contributed by atoms with van der Waals surface area (Å²) in [5.74, 6) is 1.17. The Kier molecular flexibility index (Phi) is 6.46. The van der Waals surface area contributed by atoms with Crippen LogP contribution in [0.2, 0.25) is 0 Å². The van der Waals surface area contributed by atoms with Gasteiger partial charge in [-0.1, -0.05) is 36.4 Å². The van der Waals surface area contributed by atoms with Crippen LogP contribution in [0.5, 0.6) is 0 Å². The fourth-order valence-corrected chi connectivity index (χ4v) is 4.06. The summed E-state index contributed by atoms with van der Waals surface area (Å²) in [6.07, 6.45) is 0.946. The number of aromatic nitrogens is 2. The summed E-state index contributed by atoms with van der Waals surface area (Å²) in [4.78, 5) is 16.0. The zero-order valence-electron chi connectivity index (χ0n) is 18.9. The molecule has 1 aromatic heterocycles. The standard InChI is InChI=1S/C25H28N6S/c1-16-8-7-11-22(19(16)4)28-25(32)30-24(29-23-26-17(2)14-18(3)27-23)31-13-12-20-9-5-6-10-21(20)15-31/h5-11,14H,12-13,15H2,1-4H3,(H2,26,27,28,29,30,32). The van der Waals surface area contributed by atoms with E-state index in [1.165, 1.54) is 16.7 Å². The van der Waals surface area contributed by atoms with Crippen LogP contribution in [0.15, 0.2) is 53.5 Å². The van der Waals surface area contributed by atoms with Crippen molar-refractivity contribution in [1.29, 1.82) is 0 Å². The van der Waals surface area contributed by atoms with Gasteiger partial charge in [0.2, 0.25) is 17.0 Å². The Morgan fingerprint density at radius 3 is 2.41 bits per heavy atom. The van der Waals surface area contributed by atoms with E-state index in [0.717, 1.165) is 42.1 Å². The number of hydrogen-bond donors (Lipinski definition) is 2. The number of hydrogen-bond acceptors (Lipinski definition) is 3. The van der Waals surface area contributed by atoms with Gasteiger partial charge in [0.25, 0.3) is 0 Å². The number of nitrogens with one attached hydrogen (secondary N) is 2. The van der Waals surface area contributed by atoms with Crippen molar-refractivity contribution in [1.82, 2.24) is 14.9 Å². The molecule has 0 bridgehead atoms. The first kappa shape index (κ1) is 21.9. The molecular formula is C25H28N6S. The van der Waals surface area contributed by atoms with E-state index >= 15 is 0 Å². The minimum absolute atomic E-state index is 0.393. The van der Waals surface area contributed by atoms with Gasteiger partial charge in [0.1, 0.15) is 0 Å². The number of thiocarbonyl (C=S) groups is 1. The van der Waals surface area contributed by atoms with Crippen LogP contribution >= 0.6 is 12.2 Å². The van der Waals surface area contributed by atoms with Gasteiger partial charge in [-0.25, -0.2) is 9.97 Å². The van der Waals surface area contributed by atoms with Crippen LogP contribution in [0.1, 0.15) is 33.6 Å². The molecule has 0 saturated heterocycles. The highest BCUT2D eigenvalue weighted by Crippen LogP contribution is 2.21. The lowest BCUT2D eigenvalue weighted by molar-refractivity contribution is 0.393. The molecule has 2 N–H and O–H groups in total. The van der Waals surface area contributed by atoms with Gasteiger partial charge in [-0.05, 0) is 80.7 Å². The maximum atomic E-state index is 5.62. The number of aliphatic imine (C=N–C) groups is 1. The second-order valence-corrected chi connectivity index (χ2v) is 8.54. The summed E-state index contributed by atoms with van der Waals surface area (Å²) in [5.41, 5.74) is 7.80. The molecule has 6 nitrogen and oxygen atoms in total. The number of guanidine groups is 1. The Balaban J connectivity index is 1.63. The number of nitrogens with zero attached hydrogens (tertiary/aromatic N) is 4. The fraction of sp³-hybridized carbons (Fsp3) is 0.280. The van der Waals surface area contributed by atoms with Crippen molar-refractivity contribution in [2.24, 2.45) is 4.99 Å². The van der Waals surface area contributed by atoms with E-state index in [0.29, 0.717) is 17.0 Å². The van der Waals surface area contributed by atoms with Crippen LogP contribution in [-0.4, -0.2) is 32.5 Å². The quantitative estimate of drug-likeness (QED) is 0.332. The van der Waals surface area contributed by atoms with Gasteiger partial charge in [-0.15, -0.1) is 0 Å². The van der Waals surface area contributed by atoms with Gasteiger partial charge in [0.05, 0.1) is 0 Å². The molecular weight excluding hydrogens is 416 g/mol. The number of fused-ring (bicyclic) bond motifs is 1. The van der Waals surface area contributed by atoms with Crippen LogP contribution in [0.4, 0.5) is 11.6 Å². The summed E-state index contributed by atoms with van der Waals surface area (Å²) >= 11 is 5.62.